The minimum atomic E-state index is -3.39. The van der Waals surface area contributed by atoms with Crippen molar-refractivity contribution in [1.82, 2.24) is 24.6 Å². The average Bonchev–Trinajstić information content (AvgIpc) is 3.41. The molecule has 0 radical (unpaired) electrons. The molecule has 0 atom stereocenters. The lowest BCUT2D eigenvalue weighted by Crippen LogP contribution is -2.54. The molecule has 1 saturated heterocycles. The number of guanidine groups is 1. The van der Waals surface area contributed by atoms with E-state index in [-0.39, 0.29) is 29.7 Å². The summed E-state index contributed by atoms with van der Waals surface area (Å²) in [6, 6.07) is 2.29. The number of nitrogens with one attached hydrogen (secondary N) is 1. The minimum absolute atomic E-state index is 0. The number of nitrogens with zero attached hydrogens (tertiary/aromatic N) is 5. The molecule has 0 amide bonds. The molecule has 0 aromatic carbocycles. The van der Waals surface area contributed by atoms with Crippen molar-refractivity contribution >= 4 is 40.0 Å². The van der Waals surface area contributed by atoms with Crippen LogP contribution in [0.4, 0.5) is 0 Å². The number of rotatable bonds is 8. The molecule has 1 aliphatic carbocycles. The number of halogens is 1. The number of hydrogen-bond acceptors (Lipinski definition) is 6. The van der Waals surface area contributed by atoms with Gasteiger partial charge in [0.1, 0.15) is 12.0 Å². The molecule has 11 heteroatoms. The number of hydrogen-bond donors (Lipinski definition) is 1. The highest BCUT2D eigenvalue weighted by Gasteiger charge is 2.29. The quantitative estimate of drug-likeness (QED) is 0.296. The van der Waals surface area contributed by atoms with Gasteiger partial charge in [-0.3, -0.25) is 4.99 Å². The van der Waals surface area contributed by atoms with Crippen molar-refractivity contribution in [3.63, 3.8) is 0 Å². The molecule has 1 aromatic heterocycles. The summed E-state index contributed by atoms with van der Waals surface area (Å²) in [5.41, 5.74) is 0.439. The van der Waals surface area contributed by atoms with Gasteiger partial charge in [-0.15, -0.1) is 24.0 Å². The normalized spacial score (nSPS) is 19.3. The van der Waals surface area contributed by atoms with Gasteiger partial charge >= 0.3 is 0 Å². The zero-order valence-corrected chi connectivity index (χ0v) is 21.1. The Balaban J connectivity index is 0.00000320. The lowest BCUT2D eigenvalue weighted by molar-refractivity contribution is 0.248. The third-order valence-electron chi connectivity index (χ3n) is 5.75. The lowest BCUT2D eigenvalue weighted by atomic mass is 10.2. The van der Waals surface area contributed by atoms with E-state index in [1.54, 1.807) is 6.07 Å². The summed E-state index contributed by atoms with van der Waals surface area (Å²) in [5, 5.41) is 7.07. The van der Waals surface area contributed by atoms with Crippen LogP contribution in [0.25, 0.3) is 0 Å². The largest absolute Gasteiger partial charge is 0.364 e. The van der Waals surface area contributed by atoms with Gasteiger partial charge in [-0.05, 0) is 26.8 Å². The molecule has 2 fully saturated rings. The van der Waals surface area contributed by atoms with Crippen LogP contribution in [-0.2, 0) is 15.8 Å². The maximum absolute atomic E-state index is 12.6. The van der Waals surface area contributed by atoms with Gasteiger partial charge in [0.05, 0.1) is 12.2 Å². The van der Waals surface area contributed by atoms with Gasteiger partial charge in [0, 0.05) is 51.4 Å². The van der Waals surface area contributed by atoms with Gasteiger partial charge < -0.3 is 19.6 Å². The molecule has 3 rings (SSSR count). The Bertz CT molecular complexity index is 744. The van der Waals surface area contributed by atoms with E-state index < -0.39 is 10.0 Å². The first-order valence-electron chi connectivity index (χ1n) is 10.6. The predicted octanol–water partition coefficient (Wildman–Crippen LogP) is 1.58. The highest BCUT2D eigenvalue weighted by Crippen LogP contribution is 2.22. The van der Waals surface area contributed by atoms with Gasteiger partial charge in [0.2, 0.25) is 10.0 Å². The molecule has 1 N–H and O–H groups in total. The standard InChI is InChI=1S/C19H34N6O3S.HI/c1-3-20-19(21-9-10-23(2)18-6-4-5-7-18)24-11-13-25(14-12-24)29(26,27)16-17-8-15-28-22-17;/h8,15,18H,3-7,9-14,16H2,1-2H3,(H,20,21);1H. The van der Waals surface area contributed by atoms with Gasteiger partial charge in [0.25, 0.3) is 0 Å². The molecule has 0 bridgehead atoms. The summed E-state index contributed by atoms with van der Waals surface area (Å²) in [7, 11) is -1.20. The van der Waals surface area contributed by atoms with Crippen molar-refractivity contribution in [1.29, 1.82) is 0 Å². The fourth-order valence-electron chi connectivity index (χ4n) is 4.04. The molecule has 9 nitrogen and oxygen atoms in total. The monoisotopic (exact) mass is 554 g/mol. The topological polar surface area (TPSA) is 94.3 Å². The fourth-order valence-corrected chi connectivity index (χ4v) is 5.46. The Morgan fingerprint density at radius 3 is 2.60 bits per heavy atom. The molecule has 1 aliphatic heterocycles. The van der Waals surface area contributed by atoms with Crippen LogP contribution in [0, 0.1) is 0 Å². The number of piperazine rings is 1. The van der Waals surface area contributed by atoms with Crippen LogP contribution in [0.5, 0.6) is 0 Å². The number of likely N-dealkylation sites (N-methyl/N-ethyl adjacent to an activating group) is 1. The first kappa shape index (κ1) is 25.3. The Kier molecular flexibility index (Phi) is 10.3. The molecule has 0 unspecified atom stereocenters. The van der Waals surface area contributed by atoms with E-state index >= 15 is 0 Å². The summed E-state index contributed by atoms with van der Waals surface area (Å²) >= 11 is 0. The maximum atomic E-state index is 12.6. The molecular formula is C19H35IN6O3S. The lowest BCUT2D eigenvalue weighted by Gasteiger charge is -2.35. The molecule has 0 spiro atoms. The van der Waals surface area contributed by atoms with E-state index in [4.69, 9.17) is 9.52 Å². The van der Waals surface area contributed by atoms with Crippen LogP contribution in [-0.4, -0.2) is 92.5 Å². The van der Waals surface area contributed by atoms with Crippen molar-refractivity contribution in [2.45, 2.75) is 44.4 Å². The van der Waals surface area contributed by atoms with Crippen molar-refractivity contribution in [3.8, 4) is 0 Å². The van der Waals surface area contributed by atoms with Crippen LogP contribution >= 0.6 is 24.0 Å². The Hall–Kier alpha value is -0.920. The van der Waals surface area contributed by atoms with E-state index in [0.717, 1.165) is 25.6 Å². The highest BCUT2D eigenvalue weighted by molar-refractivity contribution is 14.0. The van der Waals surface area contributed by atoms with Gasteiger partial charge in [-0.2, -0.15) is 4.31 Å². The summed E-state index contributed by atoms with van der Waals surface area (Å²) in [6.45, 7) is 6.70. The third-order valence-corrected chi connectivity index (χ3v) is 7.56. The fraction of sp³-hybridized carbons (Fsp3) is 0.789. The smallest absolute Gasteiger partial charge is 0.220 e. The Labute approximate surface area is 197 Å². The second-order valence-electron chi connectivity index (χ2n) is 7.79. The molecule has 2 aliphatic rings. The molecule has 2 heterocycles. The van der Waals surface area contributed by atoms with E-state index in [0.29, 0.717) is 37.9 Å². The third kappa shape index (κ3) is 7.06. The first-order chi connectivity index (χ1) is 14.0. The summed E-state index contributed by atoms with van der Waals surface area (Å²) < 4.78 is 31.5. The van der Waals surface area contributed by atoms with Crippen LogP contribution in [0.15, 0.2) is 21.8 Å². The van der Waals surface area contributed by atoms with Crippen LogP contribution in [0.1, 0.15) is 38.3 Å². The van der Waals surface area contributed by atoms with Crippen LogP contribution < -0.4 is 5.32 Å². The van der Waals surface area contributed by atoms with Crippen molar-refractivity contribution in [3.05, 3.63) is 18.0 Å². The van der Waals surface area contributed by atoms with Crippen LogP contribution in [0.2, 0.25) is 0 Å². The second kappa shape index (κ2) is 12.2. The van der Waals surface area contributed by atoms with Crippen molar-refractivity contribution in [2.24, 2.45) is 4.99 Å². The first-order valence-corrected chi connectivity index (χ1v) is 12.2. The molecule has 30 heavy (non-hydrogen) atoms. The summed E-state index contributed by atoms with van der Waals surface area (Å²) in [5.74, 6) is 0.756. The second-order valence-corrected chi connectivity index (χ2v) is 9.76. The predicted molar refractivity (Wildman–Crippen MR) is 129 cm³/mol. The zero-order chi connectivity index (χ0) is 20.7. The summed E-state index contributed by atoms with van der Waals surface area (Å²) in [6.07, 6.45) is 6.66. The van der Waals surface area contributed by atoms with Gasteiger partial charge in [-0.25, -0.2) is 8.42 Å². The van der Waals surface area contributed by atoms with Crippen molar-refractivity contribution < 1.29 is 12.9 Å². The minimum Gasteiger partial charge on any atom is -0.364 e. The van der Waals surface area contributed by atoms with E-state index in [2.05, 4.69) is 34.2 Å². The maximum Gasteiger partial charge on any atom is 0.220 e. The Morgan fingerprint density at radius 2 is 2.00 bits per heavy atom. The van der Waals surface area contributed by atoms with Gasteiger partial charge in [0.15, 0.2) is 5.96 Å². The molecule has 1 saturated carbocycles. The number of aliphatic imine (C=N–C) groups is 1. The van der Waals surface area contributed by atoms with Crippen LogP contribution in [0.3, 0.4) is 0 Å². The zero-order valence-electron chi connectivity index (χ0n) is 18.0. The summed E-state index contributed by atoms with van der Waals surface area (Å²) in [4.78, 5) is 9.38. The van der Waals surface area contributed by atoms with Gasteiger partial charge in [-0.1, -0.05) is 18.0 Å². The SMILES string of the molecule is CCNC(=NCCN(C)C1CCCC1)N1CCN(S(=O)(=O)Cc2ccon2)CC1.I. The number of sulfonamides is 1. The van der Waals surface area contributed by atoms with E-state index in [9.17, 15) is 8.42 Å². The van der Waals surface area contributed by atoms with E-state index in [1.807, 2.05) is 0 Å². The molecular weight excluding hydrogens is 519 g/mol. The van der Waals surface area contributed by atoms with E-state index in [1.165, 1.54) is 36.3 Å². The van der Waals surface area contributed by atoms with Crippen molar-refractivity contribution in [2.75, 3.05) is 52.9 Å². The Morgan fingerprint density at radius 1 is 1.30 bits per heavy atom. The highest BCUT2D eigenvalue weighted by atomic mass is 127. The average molecular weight is 554 g/mol. The molecule has 1 aromatic rings. The number of aromatic nitrogens is 1. The molecule has 172 valence electrons.